The molecule has 0 radical (unpaired) electrons. The van der Waals surface area contributed by atoms with Gasteiger partial charge in [0.15, 0.2) is 0 Å². The van der Waals surface area contributed by atoms with Crippen molar-refractivity contribution in [3.05, 3.63) is 34.9 Å². The van der Waals surface area contributed by atoms with Gasteiger partial charge in [0.2, 0.25) is 0 Å². The summed E-state index contributed by atoms with van der Waals surface area (Å²) >= 11 is 0. The first-order valence-electron chi connectivity index (χ1n) is 8.28. The molecule has 2 nitrogen and oxygen atoms in total. The van der Waals surface area contributed by atoms with E-state index in [0.29, 0.717) is 6.04 Å². The Labute approximate surface area is 121 Å². The van der Waals surface area contributed by atoms with Crippen molar-refractivity contribution < 1.29 is 4.74 Å². The molecule has 20 heavy (non-hydrogen) atoms. The van der Waals surface area contributed by atoms with Gasteiger partial charge in [0.05, 0.1) is 13.2 Å². The first kappa shape index (κ1) is 12.8. The van der Waals surface area contributed by atoms with Gasteiger partial charge in [-0.3, -0.25) is 0 Å². The molecule has 3 atom stereocenters. The van der Waals surface area contributed by atoms with Crippen molar-refractivity contribution in [1.82, 2.24) is 5.32 Å². The second kappa shape index (κ2) is 5.16. The van der Waals surface area contributed by atoms with Crippen molar-refractivity contribution >= 4 is 0 Å². The number of fused-ring (bicyclic) bond motifs is 2. The van der Waals surface area contributed by atoms with E-state index in [1.807, 2.05) is 0 Å². The number of hydrogen-bond acceptors (Lipinski definition) is 2. The lowest BCUT2D eigenvalue weighted by Gasteiger charge is -2.27. The number of rotatable bonds is 5. The average molecular weight is 271 g/mol. The Morgan fingerprint density at radius 2 is 1.95 bits per heavy atom. The highest BCUT2D eigenvalue weighted by molar-refractivity contribution is 5.35. The Hall–Kier alpha value is -0.860. The molecule has 2 saturated carbocycles. The van der Waals surface area contributed by atoms with Crippen LogP contribution in [0.5, 0.6) is 0 Å². The Morgan fingerprint density at radius 3 is 2.75 bits per heavy atom. The van der Waals surface area contributed by atoms with Gasteiger partial charge in [0, 0.05) is 6.04 Å². The Morgan fingerprint density at radius 1 is 1.15 bits per heavy atom. The third kappa shape index (κ3) is 2.29. The molecule has 108 valence electrons. The van der Waals surface area contributed by atoms with Crippen LogP contribution in [0.3, 0.4) is 0 Å². The van der Waals surface area contributed by atoms with Gasteiger partial charge in [-0.05, 0) is 66.7 Å². The maximum Gasteiger partial charge on any atom is 0.0725 e. The minimum absolute atomic E-state index is 0.564. The number of hydrogen-bond donors (Lipinski definition) is 1. The van der Waals surface area contributed by atoms with Crippen LogP contribution >= 0.6 is 0 Å². The quantitative estimate of drug-likeness (QED) is 0.879. The van der Waals surface area contributed by atoms with Crippen molar-refractivity contribution in [2.75, 3.05) is 6.54 Å². The van der Waals surface area contributed by atoms with E-state index in [9.17, 15) is 0 Å². The molecule has 3 aliphatic rings. The van der Waals surface area contributed by atoms with Crippen LogP contribution in [-0.4, -0.2) is 6.54 Å². The summed E-state index contributed by atoms with van der Waals surface area (Å²) in [5.74, 6) is 2.97. The molecule has 1 aromatic rings. The molecule has 3 unspecified atom stereocenters. The third-order valence-electron chi connectivity index (χ3n) is 5.47. The molecule has 0 amide bonds. The van der Waals surface area contributed by atoms with Crippen LogP contribution in [0.4, 0.5) is 0 Å². The Balaban J connectivity index is 1.56. The van der Waals surface area contributed by atoms with E-state index in [0.717, 1.165) is 37.5 Å². The maximum absolute atomic E-state index is 5.56. The Kier molecular flexibility index (Phi) is 3.31. The predicted molar refractivity (Wildman–Crippen MR) is 80.3 cm³/mol. The first-order valence-corrected chi connectivity index (χ1v) is 8.28. The van der Waals surface area contributed by atoms with Crippen LogP contribution < -0.4 is 5.32 Å². The van der Waals surface area contributed by atoms with E-state index < -0.39 is 0 Å². The lowest BCUT2D eigenvalue weighted by molar-refractivity contribution is 0.134. The standard InChI is InChI=1S/C18H25NO/c1-2-5-19-18(16-8-14-7-15(14)9-16)12-3-4-13-10-20-11-17(13)6-12/h3-4,6,14-16,18-19H,2,5,7-11H2,1H3. The van der Waals surface area contributed by atoms with Crippen molar-refractivity contribution in [2.24, 2.45) is 17.8 Å². The first-order chi connectivity index (χ1) is 9.85. The average Bonchev–Trinajstić information content (AvgIpc) is 2.90. The minimum Gasteiger partial charge on any atom is -0.372 e. The van der Waals surface area contributed by atoms with Crippen molar-refractivity contribution in [3.8, 4) is 0 Å². The fourth-order valence-corrected chi connectivity index (χ4v) is 4.28. The highest BCUT2D eigenvalue weighted by Gasteiger charge is 2.48. The molecule has 1 heterocycles. The third-order valence-corrected chi connectivity index (χ3v) is 5.47. The van der Waals surface area contributed by atoms with Gasteiger partial charge in [0.1, 0.15) is 0 Å². The lowest BCUT2D eigenvalue weighted by Crippen LogP contribution is -2.28. The van der Waals surface area contributed by atoms with E-state index in [4.69, 9.17) is 4.74 Å². The molecule has 0 bridgehead atoms. The molecule has 2 aliphatic carbocycles. The molecule has 4 rings (SSSR count). The SMILES string of the molecule is CCCNC(c1ccc2c(c1)COC2)C1CC2CC2C1. The fourth-order valence-electron chi connectivity index (χ4n) is 4.28. The molecule has 1 aromatic carbocycles. The molecule has 2 heteroatoms. The molecular formula is C18H25NO. The zero-order chi connectivity index (χ0) is 13.5. The molecule has 0 spiro atoms. The molecule has 1 aliphatic heterocycles. The zero-order valence-corrected chi connectivity index (χ0v) is 12.4. The highest BCUT2D eigenvalue weighted by Crippen LogP contribution is 2.57. The van der Waals surface area contributed by atoms with Crippen LogP contribution in [0.2, 0.25) is 0 Å². The van der Waals surface area contributed by atoms with E-state index in [2.05, 4.69) is 30.4 Å². The minimum atomic E-state index is 0.564. The predicted octanol–water partition coefficient (Wildman–Crippen LogP) is 3.80. The molecular weight excluding hydrogens is 246 g/mol. The summed E-state index contributed by atoms with van der Waals surface area (Å²) in [7, 11) is 0. The fraction of sp³-hybridized carbons (Fsp3) is 0.667. The van der Waals surface area contributed by atoms with Gasteiger partial charge in [-0.25, -0.2) is 0 Å². The number of ether oxygens (including phenoxy) is 1. The molecule has 0 saturated heterocycles. The topological polar surface area (TPSA) is 21.3 Å². The van der Waals surface area contributed by atoms with Gasteiger partial charge >= 0.3 is 0 Å². The summed E-state index contributed by atoms with van der Waals surface area (Å²) in [6.07, 6.45) is 5.61. The largest absolute Gasteiger partial charge is 0.372 e. The van der Waals surface area contributed by atoms with Crippen molar-refractivity contribution in [3.63, 3.8) is 0 Å². The van der Waals surface area contributed by atoms with Crippen molar-refractivity contribution in [2.45, 2.75) is 51.9 Å². The second-order valence-electron chi connectivity index (χ2n) is 6.94. The van der Waals surface area contributed by atoms with Gasteiger partial charge in [-0.1, -0.05) is 25.1 Å². The summed E-state index contributed by atoms with van der Waals surface area (Å²) < 4.78 is 5.56. The monoisotopic (exact) mass is 271 g/mol. The van der Waals surface area contributed by atoms with Gasteiger partial charge in [-0.2, -0.15) is 0 Å². The van der Waals surface area contributed by atoms with E-state index >= 15 is 0 Å². The second-order valence-corrected chi connectivity index (χ2v) is 6.94. The number of benzene rings is 1. The molecule has 1 N–H and O–H groups in total. The van der Waals surface area contributed by atoms with Crippen LogP contribution in [-0.2, 0) is 18.0 Å². The van der Waals surface area contributed by atoms with Gasteiger partial charge in [-0.15, -0.1) is 0 Å². The van der Waals surface area contributed by atoms with Crippen LogP contribution in [0.15, 0.2) is 18.2 Å². The van der Waals surface area contributed by atoms with Crippen LogP contribution in [0, 0.1) is 17.8 Å². The smallest absolute Gasteiger partial charge is 0.0725 e. The van der Waals surface area contributed by atoms with E-state index in [-0.39, 0.29) is 0 Å². The van der Waals surface area contributed by atoms with Crippen LogP contribution in [0.25, 0.3) is 0 Å². The zero-order valence-electron chi connectivity index (χ0n) is 12.4. The molecule has 2 fully saturated rings. The van der Waals surface area contributed by atoms with Gasteiger partial charge < -0.3 is 10.1 Å². The Bertz CT molecular complexity index is 488. The summed E-state index contributed by atoms with van der Waals surface area (Å²) in [6.45, 7) is 4.99. The van der Waals surface area contributed by atoms with Gasteiger partial charge in [0.25, 0.3) is 0 Å². The summed E-state index contributed by atoms with van der Waals surface area (Å²) in [4.78, 5) is 0. The summed E-state index contributed by atoms with van der Waals surface area (Å²) in [5.41, 5.74) is 4.29. The molecule has 0 aromatic heterocycles. The maximum atomic E-state index is 5.56. The summed E-state index contributed by atoms with van der Waals surface area (Å²) in [6, 6.07) is 7.59. The van der Waals surface area contributed by atoms with E-state index in [1.54, 1.807) is 0 Å². The summed E-state index contributed by atoms with van der Waals surface area (Å²) in [5, 5.41) is 3.82. The van der Waals surface area contributed by atoms with Crippen LogP contribution in [0.1, 0.15) is 55.3 Å². The normalized spacial score (nSPS) is 31.9. The number of nitrogens with one attached hydrogen (secondary N) is 1. The van der Waals surface area contributed by atoms with E-state index in [1.165, 1.54) is 42.4 Å². The lowest BCUT2D eigenvalue weighted by atomic mass is 9.88. The van der Waals surface area contributed by atoms with Crippen molar-refractivity contribution in [1.29, 1.82) is 0 Å². The highest BCUT2D eigenvalue weighted by atomic mass is 16.5.